The largest absolute Gasteiger partial charge is 0.453 e. The molecule has 1 amide bonds. The number of aryl methyl sites for hydroxylation is 1. The van der Waals surface area contributed by atoms with Crippen molar-refractivity contribution >= 4 is 33.1 Å². The van der Waals surface area contributed by atoms with E-state index in [1.54, 1.807) is 54.9 Å². The number of halogens is 2. The molecule has 0 spiro atoms. The van der Waals surface area contributed by atoms with Gasteiger partial charge in [-0.15, -0.1) is 11.3 Å². The second kappa shape index (κ2) is 10.1. The molecule has 3 aromatic heterocycles. The highest BCUT2D eigenvalue weighted by Crippen LogP contribution is 2.39. The summed E-state index contributed by atoms with van der Waals surface area (Å²) >= 11 is 1.45. The molecule has 9 heteroatoms. The van der Waals surface area contributed by atoms with E-state index < -0.39 is 17.5 Å². The van der Waals surface area contributed by atoms with Crippen LogP contribution in [0.3, 0.4) is 0 Å². The Bertz CT molecular complexity index is 1830. The number of rotatable bonds is 6. The molecule has 0 aliphatic carbocycles. The van der Waals surface area contributed by atoms with Gasteiger partial charge in [0.1, 0.15) is 17.4 Å². The number of imidazole rings is 1. The van der Waals surface area contributed by atoms with Crippen molar-refractivity contribution in [3.63, 3.8) is 0 Å². The molecule has 0 saturated carbocycles. The maximum absolute atomic E-state index is 15.2. The first-order chi connectivity index (χ1) is 19.0. The number of ether oxygens (including phenoxy) is 1. The summed E-state index contributed by atoms with van der Waals surface area (Å²) in [5.41, 5.74) is 1.70. The number of nitrogens with zero attached hydrogens (tertiary/aromatic N) is 3. The fourth-order valence-electron chi connectivity index (χ4n) is 4.23. The SMILES string of the molecule is Cn1ccnc1-c1cc2nccc(Oc3ccc(NC(=O)c4cccc(-c5ccccc5)c4F)cc3F)c2s1. The Balaban J connectivity index is 1.23. The molecule has 6 nitrogen and oxygen atoms in total. The first kappa shape index (κ1) is 24.4. The third kappa shape index (κ3) is 4.75. The van der Waals surface area contributed by atoms with Crippen molar-refractivity contribution in [3.8, 4) is 33.3 Å². The van der Waals surface area contributed by atoms with Crippen LogP contribution in [0.2, 0.25) is 0 Å². The normalized spacial score (nSPS) is 11.1. The zero-order chi connectivity index (χ0) is 26.9. The van der Waals surface area contributed by atoms with Crippen molar-refractivity contribution in [2.24, 2.45) is 7.05 Å². The van der Waals surface area contributed by atoms with Gasteiger partial charge in [-0.25, -0.2) is 13.8 Å². The Labute approximate surface area is 226 Å². The average molecular weight is 539 g/mol. The van der Waals surface area contributed by atoms with Crippen LogP contribution < -0.4 is 10.1 Å². The van der Waals surface area contributed by atoms with E-state index in [0.29, 0.717) is 22.4 Å². The van der Waals surface area contributed by atoms with E-state index in [9.17, 15) is 4.79 Å². The number of amides is 1. The molecule has 0 fully saturated rings. The molecule has 6 aromatic rings. The van der Waals surface area contributed by atoms with Gasteiger partial charge >= 0.3 is 0 Å². The molecule has 3 aromatic carbocycles. The minimum Gasteiger partial charge on any atom is -0.453 e. The van der Waals surface area contributed by atoms with E-state index >= 15 is 8.78 Å². The Hall–Kier alpha value is -4.89. The van der Waals surface area contributed by atoms with Gasteiger partial charge in [-0.1, -0.05) is 42.5 Å². The van der Waals surface area contributed by atoms with Crippen LogP contribution in [0.1, 0.15) is 10.4 Å². The summed E-state index contributed by atoms with van der Waals surface area (Å²) < 4.78 is 38.8. The lowest BCUT2D eigenvalue weighted by molar-refractivity contribution is 0.102. The topological polar surface area (TPSA) is 69.0 Å². The summed E-state index contributed by atoms with van der Waals surface area (Å²) in [5, 5.41) is 2.57. The van der Waals surface area contributed by atoms with Gasteiger partial charge in [0.05, 0.1) is 20.7 Å². The third-order valence-electron chi connectivity index (χ3n) is 6.16. The summed E-state index contributed by atoms with van der Waals surface area (Å²) in [4.78, 5) is 22.5. The average Bonchev–Trinajstić information content (AvgIpc) is 3.57. The van der Waals surface area contributed by atoms with E-state index in [0.717, 1.165) is 21.5 Å². The summed E-state index contributed by atoms with van der Waals surface area (Å²) in [6, 6.07) is 21.2. The first-order valence-corrected chi connectivity index (χ1v) is 12.8. The number of hydrogen-bond donors (Lipinski definition) is 1. The monoisotopic (exact) mass is 538 g/mol. The van der Waals surface area contributed by atoms with E-state index in [2.05, 4.69) is 15.3 Å². The molecule has 0 aliphatic rings. The number of anilines is 1. The van der Waals surface area contributed by atoms with Gasteiger partial charge in [0, 0.05) is 49.0 Å². The van der Waals surface area contributed by atoms with Gasteiger partial charge in [-0.05, 0) is 29.8 Å². The van der Waals surface area contributed by atoms with Crippen molar-refractivity contribution in [1.29, 1.82) is 0 Å². The zero-order valence-electron chi connectivity index (χ0n) is 20.6. The molecule has 3 heterocycles. The maximum Gasteiger partial charge on any atom is 0.258 e. The number of hydrogen-bond acceptors (Lipinski definition) is 5. The zero-order valence-corrected chi connectivity index (χ0v) is 21.4. The molecular formula is C30H20F2N4O2S. The number of carbonyl (C=O) groups is 1. The minimum atomic E-state index is -0.686. The molecule has 0 aliphatic heterocycles. The number of fused-ring (bicyclic) bond motifs is 1. The lowest BCUT2D eigenvalue weighted by Crippen LogP contribution is -2.14. The Morgan fingerprint density at radius 2 is 1.77 bits per heavy atom. The Kier molecular flexibility index (Phi) is 6.34. The highest BCUT2D eigenvalue weighted by atomic mass is 32.1. The Morgan fingerprint density at radius 3 is 2.54 bits per heavy atom. The summed E-state index contributed by atoms with van der Waals surface area (Å²) in [6.07, 6.45) is 5.17. The quantitative estimate of drug-likeness (QED) is 0.236. The van der Waals surface area contributed by atoms with Crippen molar-refractivity contribution in [1.82, 2.24) is 14.5 Å². The van der Waals surface area contributed by atoms with Crippen LogP contribution >= 0.6 is 11.3 Å². The molecule has 0 radical (unpaired) electrons. The second-order valence-corrected chi connectivity index (χ2v) is 9.78. The van der Waals surface area contributed by atoms with Crippen molar-refractivity contribution in [2.75, 3.05) is 5.32 Å². The van der Waals surface area contributed by atoms with Gasteiger partial charge in [-0.2, -0.15) is 0 Å². The highest BCUT2D eigenvalue weighted by molar-refractivity contribution is 7.22. The van der Waals surface area contributed by atoms with Gasteiger partial charge in [0.25, 0.3) is 5.91 Å². The molecule has 1 N–H and O–H groups in total. The lowest BCUT2D eigenvalue weighted by atomic mass is 10.0. The van der Waals surface area contributed by atoms with Crippen molar-refractivity contribution in [3.05, 3.63) is 115 Å². The molecule has 0 saturated heterocycles. The minimum absolute atomic E-state index is 0.0234. The highest BCUT2D eigenvalue weighted by Gasteiger charge is 2.18. The standard InChI is InChI=1S/C30H20F2N4O2S/c1-36-15-14-34-29(36)26-17-23-28(39-26)25(12-13-33-23)38-24-11-10-19(16-22(24)31)35-30(37)21-9-5-8-20(27(21)32)18-6-3-2-4-7-18/h2-17H,1H3,(H,35,37). The fraction of sp³-hybridized carbons (Fsp3) is 0.0333. The van der Waals surface area contributed by atoms with Crippen LogP contribution in [0, 0.1) is 11.6 Å². The second-order valence-electron chi connectivity index (χ2n) is 8.73. The predicted octanol–water partition coefficient (Wildman–Crippen LogP) is 7.69. The lowest BCUT2D eigenvalue weighted by Gasteiger charge is -2.11. The Morgan fingerprint density at radius 1 is 0.923 bits per heavy atom. The number of benzene rings is 3. The van der Waals surface area contributed by atoms with Crippen LogP contribution in [-0.4, -0.2) is 20.4 Å². The predicted molar refractivity (Wildman–Crippen MR) is 148 cm³/mol. The number of aromatic nitrogens is 3. The van der Waals surface area contributed by atoms with E-state index in [1.165, 1.54) is 29.5 Å². The summed E-state index contributed by atoms with van der Waals surface area (Å²) in [6.45, 7) is 0. The van der Waals surface area contributed by atoms with Gasteiger partial charge in [-0.3, -0.25) is 9.78 Å². The first-order valence-electron chi connectivity index (χ1n) is 12.0. The number of nitrogens with one attached hydrogen (secondary N) is 1. The van der Waals surface area contributed by atoms with Gasteiger partial charge < -0.3 is 14.6 Å². The molecule has 6 rings (SSSR count). The van der Waals surface area contributed by atoms with Crippen LogP contribution in [-0.2, 0) is 7.05 Å². The van der Waals surface area contributed by atoms with Gasteiger partial charge in [0.2, 0.25) is 0 Å². The van der Waals surface area contributed by atoms with E-state index in [1.807, 2.05) is 29.9 Å². The number of pyridine rings is 1. The van der Waals surface area contributed by atoms with Crippen LogP contribution in [0.4, 0.5) is 14.5 Å². The number of thiophene rings is 1. The van der Waals surface area contributed by atoms with Crippen molar-refractivity contribution < 1.29 is 18.3 Å². The fourth-order valence-corrected chi connectivity index (χ4v) is 5.34. The van der Waals surface area contributed by atoms with Gasteiger partial charge in [0.15, 0.2) is 11.6 Å². The van der Waals surface area contributed by atoms with E-state index in [4.69, 9.17) is 4.74 Å². The molecule has 0 atom stereocenters. The van der Waals surface area contributed by atoms with E-state index in [-0.39, 0.29) is 17.0 Å². The summed E-state index contributed by atoms with van der Waals surface area (Å²) in [7, 11) is 1.90. The molecule has 39 heavy (non-hydrogen) atoms. The molecule has 0 bridgehead atoms. The smallest absolute Gasteiger partial charge is 0.258 e. The molecule has 0 unspecified atom stereocenters. The van der Waals surface area contributed by atoms with Crippen LogP contribution in [0.25, 0.3) is 32.0 Å². The third-order valence-corrected chi connectivity index (χ3v) is 7.29. The van der Waals surface area contributed by atoms with Crippen molar-refractivity contribution in [2.45, 2.75) is 0 Å². The van der Waals surface area contributed by atoms with Crippen LogP contribution in [0.15, 0.2) is 97.5 Å². The van der Waals surface area contributed by atoms with Crippen LogP contribution in [0.5, 0.6) is 11.5 Å². The molecular weight excluding hydrogens is 518 g/mol. The maximum atomic E-state index is 15.2. The molecule has 192 valence electrons. The number of carbonyl (C=O) groups excluding carboxylic acids is 1. The summed E-state index contributed by atoms with van der Waals surface area (Å²) in [5.74, 6) is -0.803.